The van der Waals surface area contributed by atoms with E-state index >= 15 is 0 Å². The lowest BCUT2D eigenvalue weighted by molar-refractivity contribution is -0.0435. The van der Waals surface area contributed by atoms with Gasteiger partial charge in [-0.05, 0) is 11.7 Å². The molecule has 1 aliphatic rings. The van der Waals surface area contributed by atoms with Crippen LogP contribution in [0.15, 0.2) is 18.3 Å². The van der Waals surface area contributed by atoms with Crippen molar-refractivity contribution in [1.29, 1.82) is 0 Å². The highest BCUT2D eigenvalue weighted by Crippen LogP contribution is 2.20. The van der Waals surface area contributed by atoms with Crippen LogP contribution in [0.5, 0.6) is 0 Å². The van der Waals surface area contributed by atoms with E-state index in [0.29, 0.717) is 18.8 Å². The minimum absolute atomic E-state index is 0.321. The summed E-state index contributed by atoms with van der Waals surface area (Å²) in [6, 6.07) is 3.68. The van der Waals surface area contributed by atoms with Crippen molar-refractivity contribution in [3.05, 3.63) is 23.9 Å². The third-order valence-electron chi connectivity index (χ3n) is 1.75. The van der Waals surface area contributed by atoms with Gasteiger partial charge in [-0.1, -0.05) is 6.07 Å². The molecule has 0 saturated carbocycles. The molecule has 1 saturated heterocycles. The molecule has 12 heavy (non-hydrogen) atoms. The van der Waals surface area contributed by atoms with Gasteiger partial charge in [-0.2, -0.15) is 0 Å². The fourth-order valence-corrected chi connectivity index (χ4v) is 1.17. The van der Waals surface area contributed by atoms with Gasteiger partial charge in [-0.15, -0.1) is 0 Å². The summed E-state index contributed by atoms with van der Waals surface area (Å²) in [5.74, 6) is 0. The average molecular weight is 161 g/mol. The Morgan fingerprint density at radius 3 is 2.83 bits per heavy atom. The summed E-state index contributed by atoms with van der Waals surface area (Å²) in [6.07, 6.45) is 1.33. The van der Waals surface area contributed by atoms with E-state index in [0.717, 1.165) is 5.56 Å². The quantitative estimate of drug-likeness (QED) is 0.539. The summed E-state index contributed by atoms with van der Waals surface area (Å²) in [4.78, 5) is 3.94. The lowest BCUT2D eigenvalue weighted by atomic mass is 9.97. The molecule has 0 aromatic carbocycles. The molecule has 60 valence electrons. The number of aromatic nitrogens is 1. The Labute approximate surface area is 72.1 Å². The Morgan fingerprint density at radius 1 is 1.42 bits per heavy atom. The summed E-state index contributed by atoms with van der Waals surface area (Å²) in [7, 11) is 5.63. The van der Waals surface area contributed by atoms with Crippen molar-refractivity contribution in [1.82, 2.24) is 4.98 Å². The van der Waals surface area contributed by atoms with E-state index in [-0.39, 0.29) is 6.29 Å². The highest BCUT2D eigenvalue weighted by molar-refractivity contribution is 6.31. The maximum Gasteiger partial charge on any atom is 0.184 e. The van der Waals surface area contributed by atoms with Crippen LogP contribution in [-0.4, -0.2) is 26.0 Å². The molecule has 2 radical (unpaired) electrons. The molecule has 4 heteroatoms. The Kier molecular flexibility index (Phi) is 2.10. The molecule has 2 rings (SSSR count). The van der Waals surface area contributed by atoms with Crippen molar-refractivity contribution < 1.29 is 9.47 Å². The standard InChI is InChI=1S/C8H8BNO2/c9-7-6(2-1-3-10-7)8-11-4-5-12-8/h1-3,8H,4-5H2. The molecule has 0 amide bonds. The zero-order valence-electron chi connectivity index (χ0n) is 6.56. The number of hydrogen-bond acceptors (Lipinski definition) is 3. The maximum atomic E-state index is 5.63. The van der Waals surface area contributed by atoms with Crippen LogP contribution in [0.25, 0.3) is 0 Å². The maximum absolute atomic E-state index is 5.63. The highest BCUT2D eigenvalue weighted by atomic mass is 16.7. The van der Waals surface area contributed by atoms with E-state index in [1.807, 2.05) is 12.1 Å². The summed E-state index contributed by atoms with van der Waals surface area (Å²) in [5.41, 5.74) is 1.29. The molecule has 1 fully saturated rings. The number of hydrogen-bond donors (Lipinski definition) is 0. The Balaban J connectivity index is 2.26. The van der Waals surface area contributed by atoms with Crippen LogP contribution >= 0.6 is 0 Å². The van der Waals surface area contributed by atoms with Crippen molar-refractivity contribution >= 4 is 13.4 Å². The first-order valence-electron chi connectivity index (χ1n) is 3.81. The Bertz CT molecular complexity index is 274. The monoisotopic (exact) mass is 161 g/mol. The Hall–Kier alpha value is -0.865. The molecule has 1 aromatic heterocycles. The normalized spacial score (nSPS) is 18.3. The number of pyridine rings is 1. The smallest absolute Gasteiger partial charge is 0.184 e. The Morgan fingerprint density at radius 2 is 2.17 bits per heavy atom. The SMILES string of the molecule is [B]c1ncccc1C1OCCO1. The molecule has 2 heterocycles. The molecule has 0 aliphatic carbocycles. The van der Waals surface area contributed by atoms with E-state index in [9.17, 15) is 0 Å². The summed E-state index contributed by atoms with van der Waals surface area (Å²) < 4.78 is 10.6. The van der Waals surface area contributed by atoms with Crippen molar-refractivity contribution in [3.8, 4) is 0 Å². The predicted octanol–water partition coefficient (Wildman–Crippen LogP) is -0.0792. The second-order valence-corrected chi connectivity index (χ2v) is 2.55. The number of nitrogens with zero attached hydrogens (tertiary/aromatic N) is 1. The van der Waals surface area contributed by atoms with Gasteiger partial charge in [0.15, 0.2) is 6.29 Å². The lowest BCUT2D eigenvalue weighted by Gasteiger charge is -2.10. The van der Waals surface area contributed by atoms with Crippen molar-refractivity contribution in [2.24, 2.45) is 0 Å². The van der Waals surface area contributed by atoms with Crippen molar-refractivity contribution in [2.45, 2.75) is 6.29 Å². The minimum Gasteiger partial charge on any atom is -0.346 e. The second kappa shape index (κ2) is 3.25. The molecular formula is C8H8BNO2. The van der Waals surface area contributed by atoms with E-state index in [1.54, 1.807) is 6.20 Å². The van der Waals surface area contributed by atoms with Crippen LogP contribution in [0.3, 0.4) is 0 Å². The third-order valence-corrected chi connectivity index (χ3v) is 1.75. The second-order valence-electron chi connectivity index (χ2n) is 2.55. The largest absolute Gasteiger partial charge is 0.346 e. The van der Waals surface area contributed by atoms with Gasteiger partial charge in [-0.3, -0.25) is 4.98 Å². The summed E-state index contributed by atoms with van der Waals surface area (Å²) >= 11 is 0. The molecule has 0 unspecified atom stereocenters. The van der Waals surface area contributed by atoms with Crippen LogP contribution < -0.4 is 5.59 Å². The van der Waals surface area contributed by atoms with Gasteiger partial charge < -0.3 is 9.47 Å². The van der Waals surface area contributed by atoms with Crippen LogP contribution in [0, 0.1) is 0 Å². The zero-order valence-corrected chi connectivity index (χ0v) is 6.56. The average Bonchev–Trinajstić information content (AvgIpc) is 2.57. The van der Waals surface area contributed by atoms with Crippen LogP contribution in [0.4, 0.5) is 0 Å². The van der Waals surface area contributed by atoms with Crippen LogP contribution in [-0.2, 0) is 9.47 Å². The van der Waals surface area contributed by atoms with Gasteiger partial charge >= 0.3 is 0 Å². The van der Waals surface area contributed by atoms with Crippen LogP contribution in [0.1, 0.15) is 11.9 Å². The first-order chi connectivity index (χ1) is 5.88. The van der Waals surface area contributed by atoms with Crippen molar-refractivity contribution in [3.63, 3.8) is 0 Å². The fourth-order valence-electron chi connectivity index (χ4n) is 1.17. The van der Waals surface area contributed by atoms with E-state index < -0.39 is 0 Å². The van der Waals surface area contributed by atoms with E-state index in [2.05, 4.69) is 4.98 Å². The van der Waals surface area contributed by atoms with Crippen molar-refractivity contribution in [2.75, 3.05) is 13.2 Å². The third kappa shape index (κ3) is 1.35. The topological polar surface area (TPSA) is 31.4 Å². The van der Waals surface area contributed by atoms with Gasteiger partial charge in [0.25, 0.3) is 0 Å². The summed E-state index contributed by atoms with van der Waals surface area (Å²) in [6.45, 7) is 1.25. The van der Waals surface area contributed by atoms with Gasteiger partial charge in [0.1, 0.15) is 7.85 Å². The van der Waals surface area contributed by atoms with Gasteiger partial charge in [0.2, 0.25) is 0 Å². The first-order valence-corrected chi connectivity index (χ1v) is 3.81. The molecule has 3 nitrogen and oxygen atoms in total. The molecular weight excluding hydrogens is 153 g/mol. The van der Waals surface area contributed by atoms with E-state index in [1.165, 1.54) is 0 Å². The number of ether oxygens (including phenoxy) is 2. The van der Waals surface area contributed by atoms with Crippen LogP contribution in [0.2, 0.25) is 0 Å². The van der Waals surface area contributed by atoms with E-state index in [4.69, 9.17) is 17.3 Å². The fraction of sp³-hybridized carbons (Fsp3) is 0.375. The molecule has 1 aromatic rings. The number of rotatable bonds is 1. The lowest BCUT2D eigenvalue weighted by Crippen LogP contribution is -2.17. The molecule has 1 aliphatic heterocycles. The molecule has 0 atom stereocenters. The molecule has 0 bridgehead atoms. The zero-order chi connectivity index (χ0) is 8.39. The van der Waals surface area contributed by atoms with Gasteiger partial charge in [0.05, 0.1) is 13.2 Å². The molecule has 0 spiro atoms. The predicted molar refractivity (Wildman–Crippen MR) is 44.3 cm³/mol. The minimum atomic E-state index is -0.321. The highest BCUT2D eigenvalue weighted by Gasteiger charge is 2.19. The van der Waals surface area contributed by atoms with Gasteiger partial charge in [-0.25, -0.2) is 0 Å². The molecule has 0 N–H and O–H groups in total. The summed E-state index contributed by atoms with van der Waals surface area (Å²) in [5, 5.41) is 0. The van der Waals surface area contributed by atoms with Gasteiger partial charge in [0, 0.05) is 11.8 Å². The first kappa shape index (κ1) is 7.77.